The average molecular weight is 270 g/mol. The predicted molar refractivity (Wildman–Crippen MR) is 68.1 cm³/mol. The number of amides is 1. The van der Waals surface area contributed by atoms with Gasteiger partial charge in [0.05, 0.1) is 7.11 Å². The zero-order chi connectivity index (χ0) is 14.3. The van der Waals surface area contributed by atoms with E-state index in [9.17, 15) is 15.0 Å². The monoisotopic (exact) mass is 270 g/mol. The first kappa shape index (κ1) is 15.1. The first-order chi connectivity index (χ1) is 9.02. The summed E-state index contributed by atoms with van der Waals surface area (Å²) in [5.41, 5.74) is 0.833. The topological polar surface area (TPSA) is 111 Å². The maximum Gasteiger partial charge on any atom is 0.404 e. The molecule has 0 aliphatic heterocycles. The molecule has 0 aliphatic rings. The van der Waals surface area contributed by atoms with Crippen LogP contribution in [0.3, 0.4) is 0 Å². The van der Waals surface area contributed by atoms with Gasteiger partial charge in [0.15, 0.2) is 11.5 Å². The molecule has 7 heteroatoms. The van der Waals surface area contributed by atoms with Crippen molar-refractivity contribution in [1.82, 2.24) is 10.6 Å². The van der Waals surface area contributed by atoms with Crippen LogP contribution in [0.1, 0.15) is 12.0 Å². The summed E-state index contributed by atoms with van der Waals surface area (Å²) in [6, 6.07) is 4.87. The summed E-state index contributed by atoms with van der Waals surface area (Å²) in [5.74, 6) is 0.416. The molecule has 1 aromatic rings. The molecule has 5 N–H and O–H groups in total. The van der Waals surface area contributed by atoms with Crippen molar-refractivity contribution in [1.29, 1.82) is 0 Å². The lowest BCUT2D eigenvalue weighted by Crippen LogP contribution is -2.33. The van der Waals surface area contributed by atoms with Crippen LogP contribution in [0.5, 0.6) is 11.5 Å². The number of aliphatic hydroxyl groups is 1. The highest BCUT2D eigenvalue weighted by Crippen LogP contribution is 2.26. The van der Waals surface area contributed by atoms with Crippen molar-refractivity contribution < 1.29 is 24.9 Å². The third-order valence-electron chi connectivity index (χ3n) is 2.48. The van der Waals surface area contributed by atoms with E-state index >= 15 is 0 Å². The van der Waals surface area contributed by atoms with Gasteiger partial charge in [0.25, 0.3) is 0 Å². The molecule has 0 heterocycles. The SMILES string of the molecule is COc1cc(CNC(O)CCNC(=O)O)ccc1O. The van der Waals surface area contributed by atoms with Crippen molar-refractivity contribution in [2.45, 2.75) is 19.2 Å². The maximum absolute atomic E-state index is 10.2. The summed E-state index contributed by atoms with van der Waals surface area (Å²) < 4.78 is 4.97. The Morgan fingerprint density at radius 2 is 2.21 bits per heavy atom. The smallest absolute Gasteiger partial charge is 0.404 e. The molecule has 0 saturated carbocycles. The van der Waals surface area contributed by atoms with E-state index < -0.39 is 12.3 Å². The summed E-state index contributed by atoms with van der Waals surface area (Å²) >= 11 is 0. The van der Waals surface area contributed by atoms with Crippen molar-refractivity contribution in [3.8, 4) is 11.5 Å². The predicted octanol–water partition coefficient (Wildman–Crippen LogP) is 0.466. The highest BCUT2D eigenvalue weighted by atomic mass is 16.5. The number of phenolic OH excluding ortho intramolecular Hbond substituents is 1. The standard InChI is InChI=1S/C12H18N2O5/c1-19-10-6-8(2-3-9(10)15)7-14-11(16)4-5-13-12(17)18/h2-3,6,11,13-16H,4-5,7H2,1H3,(H,17,18). The number of hydrogen-bond acceptors (Lipinski definition) is 5. The van der Waals surface area contributed by atoms with E-state index in [0.29, 0.717) is 12.3 Å². The number of aromatic hydroxyl groups is 1. The normalized spacial score (nSPS) is 11.9. The maximum atomic E-state index is 10.2. The molecule has 0 saturated heterocycles. The molecule has 1 amide bonds. The third-order valence-corrected chi connectivity index (χ3v) is 2.48. The largest absolute Gasteiger partial charge is 0.504 e. The first-order valence-electron chi connectivity index (χ1n) is 5.77. The molecule has 0 fully saturated rings. The number of carboxylic acid groups (broad SMARTS) is 1. The number of methoxy groups -OCH3 is 1. The molecule has 1 aromatic carbocycles. The number of aliphatic hydroxyl groups excluding tert-OH is 1. The van der Waals surface area contributed by atoms with E-state index in [1.807, 2.05) is 0 Å². The van der Waals surface area contributed by atoms with Crippen molar-refractivity contribution in [3.63, 3.8) is 0 Å². The summed E-state index contributed by atoms with van der Waals surface area (Å²) in [7, 11) is 1.46. The second kappa shape index (κ2) is 7.45. The number of hydrogen-bond donors (Lipinski definition) is 5. The number of ether oxygens (including phenoxy) is 1. The fraction of sp³-hybridized carbons (Fsp3) is 0.417. The number of nitrogens with one attached hydrogen (secondary N) is 2. The van der Waals surface area contributed by atoms with E-state index in [1.54, 1.807) is 12.1 Å². The Balaban J connectivity index is 2.37. The van der Waals surface area contributed by atoms with Gasteiger partial charge in [-0.05, 0) is 17.7 Å². The lowest BCUT2D eigenvalue weighted by atomic mass is 10.2. The fourth-order valence-corrected chi connectivity index (χ4v) is 1.49. The van der Waals surface area contributed by atoms with E-state index in [2.05, 4.69) is 10.6 Å². The Bertz CT molecular complexity index is 425. The summed E-state index contributed by atoms with van der Waals surface area (Å²) in [5, 5.41) is 32.4. The number of phenols is 1. The second-order valence-electron chi connectivity index (χ2n) is 3.92. The third kappa shape index (κ3) is 5.45. The molecule has 0 bridgehead atoms. The molecule has 19 heavy (non-hydrogen) atoms. The Labute approximate surface area is 110 Å². The van der Waals surface area contributed by atoms with Gasteiger partial charge in [-0.3, -0.25) is 5.32 Å². The van der Waals surface area contributed by atoms with Crippen LogP contribution >= 0.6 is 0 Å². The lowest BCUT2D eigenvalue weighted by molar-refractivity contribution is 0.124. The van der Waals surface area contributed by atoms with E-state index in [1.165, 1.54) is 13.2 Å². The molecule has 1 rings (SSSR count). The van der Waals surface area contributed by atoms with Crippen LogP contribution in [0.2, 0.25) is 0 Å². The Morgan fingerprint density at radius 3 is 2.84 bits per heavy atom. The van der Waals surface area contributed by atoms with Gasteiger partial charge in [0, 0.05) is 19.5 Å². The Morgan fingerprint density at radius 1 is 1.47 bits per heavy atom. The second-order valence-corrected chi connectivity index (χ2v) is 3.92. The number of rotatable bonds is 7. The van der Waals surface area contributed by atoms with Crippen LogP contribution in [-0.2, 0) is 6.54 Å². The summed E-state index contributed by atoms with van der Waals surface area (Å²) in [6.07, 6.45) is -1.66. The molecular weight excluding hydrogens is 252 g/mol. The van der Waals surface area contributed by atoms with Crippen LogP contribution < -0.4 is 15.4 Å². The Kier molecular flexibility index (Phi) is 5.91. The van der Waals surface area contributed by atoms with Crippen molar-refractivity contribution >= 4 is 6.09 Å². The molecule has 0 aliphatic carbocycles. The van der Waals surface area contributed by atoms with Crippen LogP contribution in [0, 0.1) is 0 Å². The minimum Gasteiger partial charge on any atom is -0.504 e. The van der Waals surface area contributed by atoms with Gasteiger partial charge in [-0.2, -0.15) is 0 Å². The highest BCUT2D eigenvalue weighted by Gasteiger charge is 2.06. The Hall–Kier alpha value is -1.99. The minimum atomic E-state index is -1.12. The zero-order valence-electron chi connectivity index (χ0n) is 10.6. The number of carbonyl (C=O) groups is 1. The molecule has 0 radical (unpaired) electrons. The first-order valence-corrected chi connectivity index (χ1v) is 5.77. The number of benzene rings is 1. The van der Waals surface area contributed by atoms with Crippen molar-refractivity contribution in [2.24, 2.45) is 0 Å². The molecule has 1 atom stereocenters. The van der Waals surface area contributed by atoms with Gasteiger partial charge >= 0.3 is 6.09 Å². The van der Waals surface area contributed by atoms with Gasteiger partial charge in [-0.1, -0.05) is 6.07 Å². The van der Waals surface area contributed by atoms with E-state index in [0.717, 1.165) is 5.56 Å². The minimum absolute atomic E-state index is 0.0532. The van der Waals surface area contributed by atoms with Gasteiger partial charge in [-0.25, -0.2) is 4.79 Å². The van der Waals surface area contributed by atoms with Crippen molar-refractivity contribution in [3.05, 3.63) is 23.8 Å². The van der Waals surface area contributed by atoms with Crippen molar-refractivity contribution in [2.75, 3.05) is 13.7 Å². The quantitative estimate of drug-likeness (QED) is 0.460. The summed E-state index contributed by atoms with van der Waals surface area (Å²) in [6.45, 7) is 0.549. The lowest BCUT2D eigenvalue weighted by Gasteiger charge is -2.13. The molecular formula is C12H18N2O5. The fourth-order valence-electron chi connectivity index (χ4n) is 1.49. The van der Waals surface area contributed by atoms with Gasteiger partial charge < -0.3 is 25.4 Å². The zero-order valence-corrected chi connectivity index (χ0v) is 10.6. The molecule has 0 spiro atoms. The average Bonchev–Trinajstić information content (AvgIpc) is 2.37. The molecule has 0 aromatic heterocycles. The van der Waals surface area contributed by atoms with E-state index in [4.69, 9.17) is 9.84 Å². The highest BCUT2D eigenvalue weighted by molar-refractivity contribution is 5.64. The van der Waals surface area contributed by atoms with Crippen LogP contribution in [0.15, 0.2) is 18.2 Å². The van der Waals surface area contributed by atoms with Gasteiger partial charge in [0.2, 0.25) is 0 Å². The molecule has 1 unspecified atom stereocenters. The van der Waals surface area contributed by atoms with Crippen LogP contribution in [0.4, 0.5) is 4.79 Å². The van der Waals surface area contributed by atoms with Crippen LogP contribution in [-0.4, -0.2) is 41.3 Å². The molecule has 106 valence electrons. The summed E-state index contributed by atoms with van der Waals surface area (Å²) in [4.78, 5) is 10.2. The molecule has 7 nitrogen and oxygen atoms in total. The van der Waals surface area contributed by atoms with Gasteiger partial charge in [0.1, 0.15) is 6.23 Å². The van der Waals surface area contributed by atoms with E-state index in [-0.39, 0.29) is 18.7 Å². The van der Waals surface area contributed by atoms with Gasteiger partial charge in [-0.15, -0.1) is 0 Å². The van der Waals surface area contributed by atoms with Crippen LogP contribution in [0.25, 0.3) is 0 Å².